The number of hydrogen-bond acceptors (Lipinski definition) is 5. The molecular weight excluding hydrogens is 288 g/mol. The van der Waals surface area contributed by atoms with Gasteiger partial charge in [-0.3, -0.25) is 4.79 Å². The molecule has 1 aliphatic rings. The van der Waals surface area contributed by atoms with E-state index in [-0.39, 0.29) is 11.8 Å². The molecule has 116 valence electrons. The molecule has 0 atom stereocenters. The molecule has 0 bridgehead atoms. The molecule has 0 spiro atoms. The van der Waals surface area contributed by atoms with E-state index in [9.17, 15) is 4.79 Å². The maximum Gasteiger partial charge on any atom is 0.228 e. The van der Waals surface area contributed by atoms with Crippen LogP contribution in [0, 0.1) is 5.92 Å². The van der Waals surface area contributed by atoms with Crippen molar-refractivity contribution in [3.8, 4) is 11.5 Å². The fraction of sp³-hybridized carbons (Fsp3) is 0.533. The summed E-state index contributed by atoms with van der Waals surface area (Å²) in [6.07, 6.45) is 2.02. The number of benzene rings is 1. The third-order valence-electron chi connectivity index (χ3n) is 3.70. The van der Waals surface area contributed by atoms with Crippen molar-refractivity contribution in [2.75, 3.05) is 40.6 Å². The van der Waals surface area contributed by atoms with Gasteiger partial charge in [-0.05, 0) is 24.0 Å². The van der Waals surface area contributed by atoms with Crippen LogP contribution in [0.3, 0.4) is 0 Å². The maximum absolute atomic E-state index is 12.2. The molecule has 1 fully saturated rings. The predicted molar refractivity (Wildman–Crippen MR) is 84.2 cm³/mol. The highest BCUT2D eigenvalue weighted by atomic mass is 32.2. The van der Waals surface area contributed by atoms with Crippen molar-refractivity contribution in [1.82, 2.24) is 10.2 Å². The Morgan fingerprint density at radius 1 is 1.33 bits per heavy atom. The minimum absolute atomic E-state index is 0.118. The number of carbonyl (C=O) groups is 1. The van der Waals surface area contributed by atoms with E-state index in [2.05, 4.69) is 5.32 Å². The Bertz CT molecular complexity index is 518. The lowest BCUT2D eigenvalue weighted by molar-refractivity contribution is -0.136. The molecule has 1 amide bonds. The van der Waals surface area contributed by atoms with Crippen molar-refractivity contribution < 1.29 is 14.3 Å². The molecule has 1 saturated heterocycles. The molecule has 0 radical (unpaired) electrons. The zero-order chi connectivity index (χ0) is 15.4. The predicted octanol–water partition coefficient (Wildman–Crippen LogP) is 1.60. The highest BCUT2D eigenvalue weighted by Gasteiger charge is 2.28. The second kappa shape index (κ2) is 7.04. The molecule has 1 aliphatic heterocycles. The van der Waals surface area contributed by atoms with Crippen LogP contribution in [-0.4, -0.2) is 51.4 Å². The van der Waals surface area contributed by atoms with E-state index in [0.29, 0.717) is 18.0 Å². The molecule has 2 rings (SSSR count). The minimum atomic E-state index is 0.118. The van der Waals surface area contributed by atoms with Crippen molar-refractivity contribution in [1.29, 1.82) is 0 Å². The Labute approximate surface area is 130 Å². The van der Waals surface area contributed by atoms with E-state index in [1.807, 2.05) is 25.4 Å². The molecule has 21 heavy (non-hydrogen) atoms. The van der Waals surface area contributed by atoms with Crippen LogP contribution in [-0.2, 0) is 11.3 Å². The Balaban J connectivity index is 2.19. The fourth-order valence-electron chi connectivity index (χ4n) is 2.32. The van der Waals surface area contributed by atoms with Gasteiger partial charge in [-0.2, -0.15) is 0 Å². The van der Waals surface area contributed by atoms with E-state index in [4.69, 9.17) is 9.47 Å². The Hall–Kier alpha value is -1.40. The lowest BCUT2D eigenvalue weighted by Crippen LogP contribution is -2.51. The maximum atomic E-state index is 12.2. The monoisotopic (exact) mass is 310 g/mol. The zero-order valence-electron chi connectivity index (χ0n) is 12.9. The smallest absolute Gasteiger partial charge is 0.228 e. The number of hydrogen-bond donors (Lipinski definition) is 1. The van der Waals surface area contributed by atoms with Gasteiger partial charge in [0.2, 0.25) is 5.91 Å². The van der Waals surface area contributed by atoms with Gasteiger partial charge < -0.3 is 19.7 Å². The van der Waals surface area contributed by atoms with Crippen molar-refractivity contribution in [3.05, 3.63) is 17.7 Å². The highest BCUT2D eigenvalue weighted by Crippen LogP contribution is 2.35. The van der Waals surface area contributed by atoms with E-state index < -0.39 is 0 Å². The standard InChI is InChI=1S/C15H22N2O3S/c1-17(15(18)11-7-16-8-11)9-10-5-12(19-2)13(20-3)6-14(10)21-4/h5-6,11,16H,7-9H2,1-4H3. The van der Waals surface area contributed by atoms with Crippen LogP contribution >= 0.6 is 11.8 Å². The molecule has 0 aromatic heterocycles. The first-order valence-corrected chi connectivity index (χ1v) is 8.07. The molecule has 0 saturated carbocycles. The van der Waals surface area contributed by atoms with Crippen LogP contribution in [0.4, 0.5) is 0 Å². The van der Waals surface area contributed by atoms with Crippen molar-refractivity contribution >= 4 is 17.7 Å². The summed E-state index contributed by atoms with van der Waals surface area (Å²) in [5, 5.41) is 3.13. The molecular formula is C15H22N2O3S. The summed E-state index contributed by atoms with van der Waals surface area (Å²) in [7, 11) is 5.09. The normalized spacial score (nSPS) is 14.5. The van der Waals surface area contributed by atoms with Gasteiger partial charge in [0.05, 0.1) is 20.1 Å². The van der Waals surface area contributed by atoms with Crippen LogP contribution < -0.4 is 14.8 Å². The van der Waals surface area contributed by atoms with Crippen LogP contribution in [0.2, 0.25) is 0 Å². The van der Waals surface area contributed by atoms with Crippen molar-refractivity contribution in [2.45, 2.75) is 11.4 Å². The average Bonchev–Trinajstić information content (AvgIpc) is 2.44. The average molecular weight is 310 g/mol. The topological polar surface area (TPSA) is 50.8 Å². The van der Waals surface area contributed by atoms with E-state index in [0.717, 1.165) is 23.5 Å². The van der Waals surface area contributed by atoms with Crippen LogP contribution in [0.1, 0.15) is 5.56 Å². The second-order valence-electron chi connectivity index (χ2n) is 5.07. The molecule has 1 N–H and O–H groups in total. The van der Waals surface area contributed by atoms with Gasteiger partial charge in [0.1, 0.15) is 0 Å². The number of rotatable bonds is 6. The van der Waals surface area contributed by atoms with Gasteiger partial charge >= 0.3 is 0 Å². The summed E-state index contributed by atoms with van der Waals surface area (Å²) in [6.45, 7) is 2.14. The van der Waals surface area contributed by atoms with Crippen LogP contribution in [0.25, 0.3) is 0 Å². The number of methoxy groups -OCH3 is 2. The van der Waals surface area contributed by atoms with Gasteiger partial charge in [-0.1, -0.05) is 0 Å². The zero-order valence-corrected chi connectivity index (χ0v) is 13.8. The lowest BCUT2D eigenvalue weighted by Gasteiger charge is -2.30. The van der Waals surface area contributed by atoms with Gasteiger partial charge in [-0.25, -0.2) is 0 Å². The van der Waals surface area contributed by atoms with E-state index >= 15 is 0 Å². The second-order valence-corrected chi connectivity index (χ2v) is 5.92. The summed E-state index contributed by atoms with van der Waals surface area (Å²) in [4.78, 5) is 15.1. The summed E-state index contributed by atoms with van der Waals surface area (Å²) < 4.78 is 10.7. The van der Waals surface area contributed by atoms with Crippen LogP contribution in [0.15, 0.2) is 17.0 Å². The molecule has 1 aromatic carbocycles. The molecule has 1 heterocycles. The highest BCUT2D eigenvalue weighted by molar-refractivity contribution is 7.98. The van der Waals surface area contributed by atoms with Gasteiger partial charge in [0, 0.05) is 31.6 Å². The first-order chi connectivity index (χ1) is 10.1. The van der Waals surface area contributed by atoms with Crippen molar-refractivity contribution in [3.63, 3.8) is 0 Å². The molecule has 5 nitrogen and oxygen atoms in total. The SMILES string of the molecule is COc1cc(CN(C)C(=O)C2CNC2)c(SC)cc1OC. The summed E-state index contributed by atoms with van der Waals surface area (Å²) in [5.41, 5.74) is 1.07. The first-order valence-electron chi connectivity index (χ1n) is 6.85. The third-order valence-corrected chi connectivity index (χ3v) is 4.52. The lowest BCUT2D eigenvalue weighted by atomic mass is 10.0. The van der Waals surface area contributed by atoms with E-state index in [1.54, 1.807) is 30.9 Å². The molecule has 0 aliphatic carbocycles. The summed E-state index contributed by atoms with van der Waals surface area (Å²) in [6, 6.07) is 3.91. The fourth-order valence-corrected chi connectivity index (χ4v) is 2.93. The number of nitrogens with one attached hydrogen (secondary N) is 1. The largest absolute Gasteiger partial charge is 0.493 e. The molecule has 0 unspecified atom stereocenters. The number of nitrogens with zero attached hydrogens (tertiary/aromatic N) is 1. The molecule has 1 aromatic rings. The third kappa shape index (κ3) is 3.44. The number of amides is 1. The van der Waals surface area contributed by atoms with Gasteiger partial charge in [-0.15, -0.1) is 11.8 Å². The van der Waals surface area contributed by atoms with E-state index in [1.165, 1.54) is 0 Å². The molecule has 6 heteroatoms. The summed E-state index contributed by atoms with van der Waals surface area (Å²) >= 11 is 1.64. The van der Waals surface area contributed by atoms with Gasteiger partial charge in [0.25, 0.3) is 0 Å². The number of ether oxygens (including phenoxy) is 2. The first kappa shape index (κ1) is 16.0. The summed E-state index contributed by atoms with van der Waals surface area (Å²) in [5.74, 6) is 1.71. The number of thioether (sulfide) groups is 1. The quantitative estimate of drug-likeness (QED) is 0.809. The Morgan fingerprint density at radius 3 is 2.43 bits per heavy atom. The van der Waals surface area contributed by atoms with Crippen LogP contribution in [0.5, 0.6) is 11.5 Å². The minimum Gasteiger partial charge on any atom is -0.493 e. The number of carbonyl (C=O) groups excluding carboxylic acids is 1. The van der Waals surface area contributed by atoms with Gasteiger partial charge in [0.15, 0.2) is 11.5 Å². The van der Waals surface area contributed by atoms with Crippen molar-refractivity contribution in [2.24, 2.45) is 5.92 Å². The Morgan fingerprint density at radius 2 is 1.95 bits per heavy atom. The Kier molecular flexibility index (Phi) is 5.36.